The number of primary amides is 1. The molecule has 0 bridgehead atoms. The molecule has 1 aromatic carbocycles. The van der Waals surface area contributed by atoms with E-state index < -0.39 is 11.8 Å². The van der Waals surface area contributed by atoms with Crippen LogP contribution >= 0.6 is 0 Å². The second-order valence-corrected chi connectivity index (χ2v) is 9.14. The molecule has 5 rings (SSSR count). The number of hydrogen-bond donors (Lipinski definition) is 1. The van der Waals surface area contributed by atoms with Crippen LogP contribution in [0.25, 0.3) is 22.6 Å². The van der Waals surface area contributed by atoms with Gasteiger partial charge in [-0.2, -0.15) is 0 Å². The zero-order valence-corrected chi connectivity index (χ0v) is 18.6. The quantitative estimate of drug-likeness (QED) is 0.616. The first kappa shape index (κ1) is 21.4. The molecule has 6 nitrogen and oxygen atoms in total. The minimum absolute atomic E-state index is 0.0648. The van der Waals surface area contributed by atoms with Crippen LogP contribution in [0, 0.1) is 30.5 Å². The van der Waals surface area contributed by atoms with Crippen LogP contribution in [0.1, 0.15) is 42.6 Å². The summed E-state index contributed by atoms with van der Waals surface area (Å²) in [5, 5.41) is 0. The van der Waals surface area contributed by atoms with Gasteiger partial charge < -0.3 is 5.73 Å². The van der Waals surface area contributed by atoms with E-state index in [9.17, 15) is 14.0 Å². The van der Waals surface area contributed by atoms with Crippen molar-refractivity contribution >= 4 is 11.7 Å². The maximum Gasteiger partial charge on any atom is 0.228 e. The second-order valence-electron chi connectivity index (χ2n) is 9.14. The highest BCUT2D eigenvalue weighted by Gasteiger charge is 2.47. The smallest absolute Gasteiger partial charge is 0.228 e. The fourth-order valence-electron chi connectivity index (χ4n) is 5.47. The minimum Gasteiger partial charge on any atom is -0.369 e. The summed E-state index contributed by atoms with van der Waals surface area (Å²) in [5.74, 6) is -1.42. The molecule has 0 radical (unpaired) electrons. The van der Waals surface area contributed by atoms with Gasteiger partial charge >= 0.3 is 0 Å². The van der Waals surface area contributed by atoms with Crippen molar-refractivity contribution in [3.63, 3.8) is 0 Å². The average molecular weight is 445 g/mol. The predicted molar refractivity (Wildman–Crippen MR) is 121 cm³/mol. The van der Waals surface area contributed by atoms with E-state index in [4.69, 9.17) is 15.7 Å². The first-order chi connectivity index (χ1) is 15.8. The summed E-state index contributed by atoms with van der Waals surface area (Å²) < 4.78 is 13.6. The Morgan fingerprint density at radius 1 is 1.12 bits per heavy atom. The van der Waals surface area contributed by atoms with Crippen molar-refractivity contribution in [1.29, 1.82) is 0 Å². The first-order valence-electron chi connectivity index (χ1n) is 11.3. The van der Waals surface area contributed by atoms with Crippen molar-refractivity contribution in [2.75, 3.05) is 0 Å². The van der Waals surface area contributed by atoms with E-state index in [2.05, 4.69) is 4.98 Å². The Balaban J connectivity index is 1.71. The molecule has 0 spiro atoms. The maximum atomic E-state index is 13.6. The molecule has 2 aromatic heterocycles. The lowest BCUT2D eigenvalue weighted by Gasteiger charge is -2.42. The van der Waals surface area contributed by atoms with Crippen molar-refractivity contribution in [3.8, 4) is 22.6 Å². The van der Waals surface area contributed by atoms with Gasteiger partial charge in [-0.15, -0.1) is 0 Å². The van der Waals surface area contributed by atoms with Crippen LogP contribution < -0.4 is 5.73 Å². The average Bonchev–Trinajstić information content (AvgIpc) is 2.80. The molecule has 168 valence electrons. The largest absolute Gasteiger partial charge is 0.369 e. The van der Waals surface area contributed by atoms with Gasteiger partial charge in [0.2, 0.25) is 5.91 Å². The fourth-order valence-corrected chi connectivity index (χ4v) is 5.47. The number of carbonyl (C=O) groups is 2. The van der Waals surface area contributed by atoms with E-state index in [0.29, 0.717) is 12.2 Å². The monoisotopic (exact) mass is 444 g/mol. The Kier molecular flexibility index (Phi) is 5.27. The van der Waals surface area contributed by atoms with Crippen LogP contribution in [0.2, 0.25) is 0 Å². The van der Waals surface area contributed by atoms with Crippen LogP contribution in [0.5, 0.6) is 0 Å². The van der Waals surface area contributed by atoms with Gasteiger partial charge in [-0.3, -0.25) is 14.6 Å². The number of rotatable bonds is 3. The number of nitrogens with zero attached hydrogens (tertiary/aromatic N) is 3. The van der Waals surface area contributed by atoms with Gasteiger partial charge in [-0.25, -0.2) is 14.4 Å². The van der Waals surface area contributed by atoms with E-state index in [1.165, 1.54) is 12.1 Å². The number of hydrogen-bond acceptors (Lipinski definition) is 5. The molecule has 2 N–H and O–H groups in total. The molecule has 2 aliphatic carbocycles. The van der Waals surface area contributed by atoms with Crippen molar-refractivity contribution < 1.29 is 14.0 Å². The van der Waals surface area contributed by atoms with E-state index in [1.54, 1.807) is 18.3 Å². The topological polar surface area (TPSA) is 98.8 Å². The first-order valence-corrected chi connectivity index (χ1v) is 11.3. The van der Waals surface area contributed by atoms with Gasteiger partial charge in [0, 0.05) is 40.4 Å². The van der Waals surface area contributed by atoms with E-state index in [1.807, 2.05) is 26.0 Å². The number of nitrogens with two attached hydrogens (primary N) is 1. The highest BCUT2D eigenvalue weighted by molar-refractivity contribution is 6.02. The van der Waals surface area contributed by atoms with E-state index in [-0.39, 0.29) is 29.4 Å². The van der Waals surface area contributed by atoms with Gasteiger partial charge in [-0.05, 0) is 68.5 Å². The zero-order valence-electron chi connectivity index (χ0n) is 18.6. The molecule has 1 amide bonds. The normalized spacial score (nSPS) is 24.2. The Labute approximate surface area is 191 Å². The molecule has 2 heterocycles. The summed E-state index contributed by atoms with van der Waals surface area (Å²) in [5.41, 5.74) is 10.7. The number of benzene rings is 1. The van der Waals surface area contributed by atoms with Crippen molar-refractivity contribution in [2.24, 2.45) is 23.5 Å². The summed E-state index contributed by atoms with van der Waals surface area (Å²) in [4.78, 5) is 39.0. The number of ketones is 1. The number of aromatic nitrogens is 3. The third-order valence-corrected chi connectivity index (χ3v) is 7.17. The summed E-state index contributed by atoms with van der Waals surface area (Å²) in [6, 6.07) is 10.1. The Hall–Kier alpha value is -3.48. The van der Waals surface area contributed by atoms with Gasteiger partial charge in [0.1, 0.15) is 11.6 Å². The molecule has 33 heavy (non-hydrogen) atoms. The van der Waals surface area contributed by atoms with E-state index >= 15 is 0 Å². The second kappa shape index (κ2) is 8.14. The summed E-state index contributed by atoms with van der Waals surface area (Å²) in [7, 11) is 0. The number of pyridine rings is 1. The molecule has 4 atom stereocenters. The lowest BCUT2D eigenvalue weighted by molar-refractivity contribution is -0.139. The van der Waals surface area contributed by atoms with Gasteiger partial charge in [0.05, 0.1) is 17.3 Å². The number of fused-ring (bicyclic) bond motifs is 3. The van der Waals surface area contributed by atoms with Crippen LogP contribution in [0.4, 0.5) is 4.39 Å². The number of amides is 1. The lowest BCUT2D eigenvalue weighted by Crippen LogP contribution is -2.45. The number of carbonyl (C=O) groups excluding carboxylic acids is 2. The van der Waals surface area contributed by atoms with Crippen molar-refractivity contribution in [1.82, 2.24) is 15.0 Å². The highest BCUT2D eigenvalue weighted by atomic mass is 19.1. The Morgan fingerprint density at radius 3 is 2.58 bits per heavy atom. The molecule has 4 unspecified atom stereocenters. The molecule has 0 saturated heterocycles. The summed E-state index contributed by atoms with van der Waals surface area (Å²) in [6.45, 7) is 3.81. The van der Waals surface area contributed by atoms with Crippen LogP contribution in [-0.2, 0) is 16.0 Å². The third kappa shape index (κ3) is 3.71. The van der Waals surface area contributed by atoms with Gasteiger partial charge in [-0.1, -0.05) is 6.92 Å². The Morgan fingerprint density at radius 2 is 1.88 bits per heavy atom. The summed E-state index contributed by atoms with van der Waals surface area (Å²) >= 11 is 0. The van der Waals surface area contributed by atoms with Gasteiger partial charge in [0.25, 0.3) is 0 Å². The molecule has 2 aliphatic rings. The minimum atomic E-state index is -0.803. The molecular weight excluding hydrogens is 419 g/mol. The molecule has 7 heteroatoms. The molecule has 0 aliphatic heterocycles. The third-order valence-electron chi connectivity index (χ3n) is 7.17. The number of aryl methyl sites for hydroxylation is 1. The predicted octanol–water partition coefficient (Wildman–Crippen LogP) is 4.01. The lowest BCUT2D eigenvalue weighted by atomic mass is 9.61. The van der Waals surface area contributed by atoms with Crippen LogP contribution in [0.3, 0.4) is 0 Å². The standard InChI is InChI=1S/C26H25FN4O2/c1-13-11-16(9-10-29-13)26-30-22(15-3-5-17(27)6-4-15)19-8-7-18-14(2)24(32)21(25(28)33)12-20(18)23(19)31-26/h3-6,9-11,14,18,20-21H,7-8,12H2,1-2H3,(H2,28,33). The summed E-state index contributed by atoms with van der Waals surface area (Å²) in [6.07, 6.45) is 3.61. The van der Waals surface area contributed by atoms with Crippen LogP contribution in [0.15, 0.2) is 42.6 Å². The maximum absolute atomic E-state index is 13.6. The van der Waals surface area contributed by atoms with Crippen molar-refractivity contribution in [2.45, 2.75) is 39.0 Å². The van der Waals surface area contributed by atoms with Crippen LogP contribution in [-0.4, -0.2) is 26.6 Å². The number of halogens is 1. The number of Topliss-reactive ketones (excluding diaryl/α,β-unsaturated/α-hetero) is 1. The molecule has 1 fully saturated rings. The highest BCUT2D eigenvalue weighted by Crippen LogP contribution is 2.49. The van der Waals surface area contributed by atoms with Crippen molar-refractivity contribution in [3.05, 3.63) is 65.4 Å². The Bertz CT molecular complexity index is 1260. The fraction of sp³-hybridized carbons (Fsp3) is 0.346. The van der Waals surface area contributed by atoms with E-state index in [0.717, 1.165) is 46.6 Å². The van der Waals surface area contributed by atoms with Gasteiger partial charge in [0.15, 0.2) is 5.82 Å². The molecule has 3 aromatic rings. The SMILES string of the molecule is Cc1cc(-c2nc(-c3ccc(F)cc3)c3c(n2)C2CC(C(N)=O)C(=O)C(C)C2CC3)ccn1. The molecular formula is C26H25FN4O2. The zero-order chi connectivity index (χ0) is 23.3. The molecule has 1 saturated carbocycles.